The lowest BCUT2D eigenvalue weighted by Crippen LogP contribution is -1.86. The lowest BCUT2D eigenvalue weighted by Gasteiger charge is -1.85. The molecule has 17 heavy (non-hydrogen) atoms. The molecular weight excluding hydrogens is 212 g/mol. The number of hydrogen-bond acceptors (Lipinski definition) is 3. The zero-order valence-electron chi connectivity index (χ0n) is 8.91. The van der Waals surface area contributed by atoms with Crippen LogP contribution in [0.2, 0.25) is 0 Å². The average molecular weight is 220 g/mol. The molecule has 0 bridgehead atoms. The predicted octanol–water partition coefficient (Wildman–Crippen LogP) is 1.77. The smallest absolute Gasteiger partial charge is 0.156 e. The van der Waals surface area contributed by atoms with Gasteiger partial charge in [-0.15, -0.1) is 6.42 Å². The fourth-order valence-electron chi connectivity index (χ4n) is 1.45. The Kier molecular flexibility index (Phi) is 2.09. The van der Waals surface area contributed by atoms with Crippen LogP contribution in [0.15, 0.2) is 43.0 Å². The Bertz CT molecular complexity index is 671. The van der Waals surface area contributed by atoms with Crippen LogP contribution in [-0.2, 0) is 0 Å². The van der Waals surface area contributed by atoms with Gasteiger partial charge in [-0.25, -0.2) is 9.50 Å². The summed E-state index contributed by atoms with van der Waals surface area (Å²) in [6.45, 7) is 0. The van der Waals surface area contributed by atoms with Crippen molar-refractivity contribution in [3.63, 3.8) is 0 Å². The summed E-state index contributed by atoms with van der Waals surface area (Å²) < 4.78 is 1.65. The quantitative estimate of drug-likeness (QED) is 0.424. The summed E-state index contributed by atoms with van der Waals surface area (Å²) in [5.74, 6) is 2.44. The van der Waals surface area contributed by atoms with Gasteiger partial charge in [-0.3, -0.25) is 4.98 Å². The maximum atomic E-state index is 5.16. The molecule has 0 N–H and O–H groups in total. The van der Waals surface area contributed by atoms with Crippen molar-refractivity contribution >= 4 is 5.65 Å². The van der Waals surface area contributed by atoms with E-state index in [1.165, 1.54) is 11.1 Å². The molecule has 2 aromatic rings. The van der Waals surface area contributed by atoms with Gasteiger partial charge in [-0.2, -0.15) is 5.10 Å². The Morgan fingerprint density at radius 3 is 2.53 bits per heavy atom. The van der Waals surface area contributed by atoms with Gasteiger partial charge in [0.25, 0.3) is 0 Å². The second kappa shape index (κ2) is 3.72. The zero-order chi connectivity index (χ0) is 11.7. The Labute approximate surface area is 98.0 Å². The van der Waals surface area contributed by atoms with E-state index in [1.807, 2.05) is 18.6 Å². The number of fused-ring (bicyclic) bond motifs is 2. The first-order valence-electron chi connectivity index (χ1n) is 5.09. The monoisotopic (exact) mass is 220 g/mol. The second-order valence-corrected chi connectivity index (χ2v) is 3.56. The van der Waals surface area contributed by atoms with Gasteiger partial charge in [0.1, 0.15) is 5.69 Å². The van der Waals surface area contributed by atoms with Crippen LogP contribution in [0.1, 0.15) is 5.69 Å². The van der Waals surface area contributed by atoms with Gasteiger partial charge < -0.3 is 0 Å². The largest absolute Gasteiger partial charge is 0.263 e. The molecule has 0 saturated heterocycles. The van der Waals surface area contributed by atoms with E-state index < -0.39 is 0 Å². The lowest BCUT2D eigenvalue weighted by molar-refractivity contribution is 0.932. The molecule has 80 valence electrons. The van der Waals surface area contributed by atoms with Gasteiger partial charge in [0.2, 0.25) is 0 Å². The molecule has 1 aliphatic carbocycles. The molecule has 0 atom stereocenters. The summed E-state index contributed by atoms with van der Waals surface area (Å²) in [7, 11) is 0. The number of hydrogen-bond donors (Lipinski definition) is 0. The maximum absolute atomic E-state index is 5.16. The molecule has 3 heterocycles. The minimum absolute atomic E-state index is 0.615. The molecule has 4 heteroatoms. The van der Waals surface area contributed by atoms with E-state index in [4.69, 9.17) is 6.42 Å². The average Bonchev–Trinajstić information content (AvgIpc) is 2.81. The van der Waals surface area contributed by atoms with Crippen molar-refractivity contribution in [3.05, 3.63) is 48.7 Å². The normalized spacial score (nSPS) is 10.3. The highest BCUT2D eigenvalue weighted by Crippen LogP contribution is 2.30. The van der Waals surface area contributed by atoms with E-state index in [1.54, 1.807) is 22.8 Å². The summed E-state index contributed by atoms with van der Waals surface area (Å²) in [4.78, 5) is 7.91. The first-order valence-corrected chi connectivity index (χ1v) is 5.09. The fraction of sp³-hybridized carbons (Fsp3) is 0. The molecule has 0 radical (unpaired) electrons. The Balaban J connectivity index is 0.000000125. The Morgan fingerprint density at radius 1 is 1.18 bits per heavy atom. The maximum Gasteiger partial charge on any atom is 0.156 e. The van der Waals surface area contributed by atoms with Crippen LogP contribution >= 0.6 is 0 Å². The zero-order valence-corrected chi connectivity index (χ0v) is 8.91. The van der Waals surface area contributed by atoms with Crippen LogP contribution in [0.4, 0.5) is 0 Å². The summed E-state index contributed by atoms with van der Waals surface area (Å²) in [6, 6.07) is 5.67. The number of aromatic nitrogens is 4. The van der Waals surface area contributed by atoms with E-state index in [0.29, 0.717) is 5.69 Å². The van der Waals surface area contributed by atoms with Gasteiger partial charge >= 0.3 is 0 Å². The molecule has 4 rings (SSSR count). The van der Waals surface area contributed by atoms with E-state index >= 15 is 0 Å². The molecule has 0 saturated carbocycles. The Hall–Kier alpha value is -2.67. The van der Waals surface area contributed by atoms with Crippen LogP contribution in [-0.4, -0.2) is 19.6 Å². The van der Waals surface area contributed by atoms with E-state index in [0.717, 1.165) is 5.65 Å². The van der Waals surface area contributed by atoms with Crippen molar-refractivity contribution in [1.29, 1.82) is 0 Å². The highest BCUT2D eigenvalue weighted by Gasteiger charge is 2.08. The molecular formula is C13H8N4. The van der Waals surface area contributed by atoms with Crippen molar-refractivity contribution in [2.75, 3.05) is 0 Å². The van der Waals surface area contributed by atoms with Crippen LogP contribution in [0.5, 0.6) is 0 Å². The number of rotatable bonds is 0. The molecule has 4 nitrogen and oxygen atoms in total. The SMILES string of the molecule is C#Cc1cc2ncccn2n1.c1ncc2cc1-2. The molecule has 0 aromatic carbocycles. The van der Waals surface area contributed by atoms with Crippen LogP contribution < -0.4 is 0 Å². The summed E-state index contributed by atoms with van der Waals surface area (Å²) in [5.41, 5.74) is 4.02. The molecule has 0 fully saturated rings. The second-order valence-electron chi connectivity index (χ2n) is 3.56. The van der Waals surface area contributed by atoms with Gasteiger partial charge in [-0.1, -0.05) is 0 Å². The van der Waals surface area contributed by atoms with Gasteiger partial charge in [0.05, 0.1) is 0 Å². The molecule has 2 aromatic heterocycles. The highest BCUT2D eigenvalue weighted by atomic mass is 15.2. The van der Waals surface area contributed by atoms with E-state index in [2.05, 4.69) is 27.1 Å². The lowest BCUT2D eigenvalue weighted by atomic mass is 10.4. The third kappa shape index (κ3) is 1.86. The molecule has 1 aliphatic heterocycles. The van der Waals surface area contributed by atoms with Crippen molar-refractivity contribution < 1.29 is 0 Å². The van der Waals surface area contributed by atoms with Gasteiger partial charge in [0, 0.05) is 42.0 Å². The van der Waals surface area contributed by atoms with E-state index in [-0.39, 0.29) is 0 Å². The summed E-state index contributed by atoms with van der Waals surface area (Å²) >= 11 is 0. The number of pyridine rings is 1. The first kappa shape index (κ1) is 9.55. The van der Waals surface area contributed by atoms with Crippen LogP contribution in [0.3, 0.4) is 0 Å². The minimum atomic E-state index is 0.615. The minimum Gasteiger partial charge on any atom is -0.263 e. The standard InChI is InChI=1S/C8H5N3.C5H3N/c1-2-7-6-8-9-4-3-5-11(8)10-7;1-4-2-6-3-5(1)4/h1,3-6H;1-3H. The molecule has 2 aliphatic rings. The first-order chi connectivity index (χ1) is 8.36. The van der Waals surface area contributed by atoms with Gasteiger partial charge in [0.15, 0.2) is 5.65 Å². The van der Waals surface area contributed by atoms with Crippen molar-refractivity contribution in [3.8, 4) is 23.5 Å². The van der Waals surface area contributed by atoms with Crippen LogP contribution in [0, 0.1) is 12.3 Å². The predicted molar refractivity (Wildman–Crippen MR) is 64.2 cm³/mol. The third-order valence-electron chi connectivity index (χ3n) is 2.37. The van der Waals surface area contributed by atoms with E-state index in [9.17, 15) is 0 Å². The third-order valence-corrected chi connectivity index (χ3v) is 2.37. The fourth-order valence-corrected chi connectivity index (χ4v) is 1.45. The molecule has 0 unspecified atom stereocenters. The Morgan fingerprint density at radius 2 is 2.00 bits per heavy atom. The summed E-state index contributed by atoms with van der Waals surface area (Å²) in [6.07, 6.45) is 12.4. The van der Waals surface area contributed by atoms with Crippen molar-refractivity contribution in [1.82, 2.24) is 19.6 Å². The number of nitrogens with zero attached hydrogens (tertiary/aromatic N) is 4. The van der Waals surface area contributed by atoms with Crippen LogP contribution in [0.25, 0.3) is 16.8 Å². The van der Waals surface area contributed by atoms with Crippen molar-refractivity contribution in [2.45, 2.75) is 0 Å². The van der Waals surface area contributed by atoms with Crippen molar-refractivity contribution in [2.24, 2.45) is 0 Å². The molecule has 0 amide bonds. The van der Waals surface area contributed by atoms with Gasteiger partial charge in [-0.05, 0) is 18.1 Å². The molecule has 0 spiro atoms. The number of terminal acetylenes is 1. The summed E-state index contributed by atoms with van der Waals surface area (Å²) in [5, 5.41) is 4.05. The topological polar surface area (TPSA) is 43.1 Å². The highest BCUT2D eigenvalue weighted by molar-refractivity contribution is 5.78.